The normalized spacial score (nSPS) is 21.9. The summed E-state index contributed by atoms with van der Waals surface area (Å²) < 4.78 is 26.5. The highest BCUT2D eigenvalue weighted by Crippen LogP contribution is 2.36. The average molecular weight is 383 g/mol. The van der Waals surface area contributed by atoms with Crippen LogP contribution in [0.1, 0.15) is 36.5 Å². The van der Waals surface area contributed by atoms with E-state index < -0.39 is 15.1 Å². The summed E-state index contributed by atoms with van der Waals surface area (Å²) in [5.74, 6) is 1.14. The maximum atomic E-state index is 12.3. The summed E-state index contributed by atoms with van der Waals surface area (Å²) in [5, 5.41) is 13.5. The molecule has 2 aliphatic heterocycles. The highest BCUT2D eigenvalue weighted by molar-refractivity contribution is 7.91. The summed E-state index contributed by atoms with van der Waals surface area (Å²) in [6.45, 7) is 2.00. The highest BCUT2D eigenvalue weighted by Gasteiger charge is 2.32. The van der Waals surface area contributed by atoms with Gasteiger partial charge in [-0.1, -0.05) is 12.1 Å². The smallest absolute Gasteiger partial charge is 0.157 e. The molecular weight excluding hydrogens is 362 g/mol. The summed E-state index contributed by atoms with van der Waals surface area (Å²) in [5.41, 5.74) is 2.59. The van der Waals surface area contributed by atoms with Gasteiger partial charge in [-0.2, -0.15) is 10.2 Å². The zero-order valence-corrected chi connectivity index (χ0v) is 15.8. The fourth-order valence-corrected chi connectivity index (χ4v) is 6.11. The van der Waals surface area contributed by atoms with Crippen LogP contribution in [-0.4, -0.2) is 47.2 Å². The van der Waals surface area contributed by atoms with Gasteiger partial charge in [-0.05, 0) is 37.3 Å². The third-order valence-corrected chi connectivity index (χ3v) is 7.83. The summed E-state index contributed by atoms with van der Waals surface area (Å²) in [7, 11) is -3.05. The van der Waals surface area contributed by atoms with E-state index in [2.05, 4.69) is 20.2 Å². The first-order valence-electron chi connectivity index (χ1n) is 9.39. The van der Waals surface area contributed by atoms with Crippen LogP contribution in [-0.2, 0) is 9.84 Å². The van der Waals surface area contributed by atoms with Gasteiger partial charge < -0.3 is 4.90 Å². The standard InChI is InChI=1S/C19H21N5O2S/c25-27(26)9-3-4-18(27)14-5-6-15-12-21-24(17(15)10-14)16-11-19(22-20-13-16)23-7-1-2-8-23/h5-6,10-13,18H,1-4,7-9H2. The van der Waals surface area contributed by atoms with Crippen LogP contribution in [0.15, 0.2) is 36.7 Å². The van der Waals surface area contributed by atoms with Crippen LogP contribution in [0.5, 0.6) is 0 Å². The van der Waals surface area contributed by atoms with Gasteiger partial charge in [-0.3, -0.25) is 0 Å². The largest absolute Gasteiger partial charge is 0.355 e. The van der Waals surface area contributed by atoms with Gasteiger partial charge in [-0.25, -0.2) is 13.1 Å². The molecule has 2 aliphatic rings. The van der Waals surface area contributed by atoms with Crippen LogP contribution in [0.4, 0.5) is 5.82 Å². The Morgan fingerprint density at radius 3 is 2.67 bits per heavy atom. The number of hydrogen-bond donors (Lipinski definition) is 0. The summed E-state index contributed by atoms with van der Waals surface area (Å²) in [4.78, 5) is 2.23. The minimum Gasteiger partial charge on any atom is -0.355 e. The van der Waals surface area contributed by atoms with Crippen molar-refractivity contribution in [3.63, 3.8) is 0 Å². The van der Waals surface area contributed by atoms with E-state index in [1.165, 1.54) is 12.8 Å². The van der Waals surface area contributed by atoms with Crippen LogP contribution < -0.4 is 4.90 Å². The van der Waals surface area contributed by atoms with E-state index in [1.807, 2.05) is 28.9 Å². The second-order valence-corrected chi connectivity index (χ2v) is 9.64. The van der Waals surface area contributed by atoms with E-state index in [0.717, 1.165) is 47.5 Å². The Balaban J connectivity index is 1.58. The molecule has 0 N–H and O–H groups in total. The van der Waals surface area contributed by atoms with Crippen molar-refractivity contribution in [3.8, 4) is 5.69 Å². The number of rotatable bonds is 3. The van der Waals surface area contributed by atoms with Crippen molar-refractivity contribution >= 4 is 26.6 Å². The van der Waals surface area contributed by atoms with Crippen molar-refractivity contribution in [2.24, 2.45) is 0 Å². The van der Waals surface area contributed by atoms with E-state index in [-0.39, 0.29) is 5.75 Å². The zero-order chi connectivity index (χ0) is 18.4. The third kappa shape index (κ3) is 2.88. The monoisotopic (exact) mass is 383 g/mol. The van der Waals surface area contributed by atoms with Crippen molar-refractivity contribution < 1.29 is 8.42 Å². The van der Waals surface area contributed by atoms with Gasteiger partial charge in [0.2, 0.25) is 0 Å². The van der Waals surface area contributed by atoms with E-state index in [1.54, 1.807) is 12.4 Å². The molecule has 4 heterocycles. The Morgan fingerprint density at radius 1 is 1.04 bits per heavy atom. The van der Waals surface area contributed by atoms with E-state index in [9.17, 15) is 8.42 Å². The van der Waals surface area contributed by atoms with Gasteiger partial charge in [0, 0.05) is 24.5 Å². The van der Waals surface area contributed by atoms with Crippen molar-refractivity contribution in [1.82, 2.24) is 20.0 Å². The molecule has 27 heavy (non-hydrogen) atoms. The summed E-state index contributed by atoms with van der Waals surface area (Å²) in [6, 6.07) is 7.84. The van der Waals surface area contributed by atoms with Crippen LogP contribution in [0.25, 0.3) is 16.6 Å². The maximum Gasteiger partial charge on any atom is 0.157 e. The molecule has 3 aromatic rings. The Kier molecular flexibility index (Phi) is 3.89. The molecule has 0 amide bonds. The van der Waals surface area contributed by atoms with E-state index in [4.69, 9.17) is 0 Å². The lowest BCUT2D eigenvalue weighted by Gasteiger charge is -2.16. The fourth-order valence-electron chi connectivity index (χ4n) is 4.17. The Morgan fingerprint density at radius 2 is 1.89 bits per heavy atom. The van der Waals surface area contributed by atoms with E-state index in [0.29, 0.717) is 6.42 Å². The van der Waals surface area contributed by atoms with Crippen LogP contribution in [0.3, 0.4) is 0 Å². The third-order valence-electron chi connectivity index (χ3n) is 5.60. The first-order valence-corrected chi connectivity index (χ1v) is 11.1. The van der Waals surface area contributed by atoms with Crippen molar-refractivity contribution in [3.05, 3.63) is 42.2 Å². The molecule has 2 fully saturated rings. The Bertz CT molecular complexity index is 1100. The first-order chi connectivity index (χ1) is 13.1. The molecule has 2 saturated heterocycles. The van der Waals surface area contributed by atoms with Gasteiger partial charge in [-0.15, -0.1) is 5.10 Å². The molecule has 0 bridgehead atoms. The molecule has 1 aromatic carbocycles. The van der Waals surface area contributed by atoms with Crippen LogP contribution >= 0.6 is 0 Å². The number of nitrogens with zero attached hydrogens (tertiary/aromatic N) is 5. The summed E-state index contributed by atoms with van der Waals surface area (Å²) in [6.07, 6.45) is 7.28. The second kappa shape index (κ2) is 6.30. The Hall–Kier alpha value is -2.48. The number of fused-ring (bicyclic) bond motifs is 1. The molecule has 0 radical (unpaired) electrons. The molecule has 8 heteroatoms. The van der Waals surface area contributed by atoms with Gasteiger partial charge >= 0.3 is 0 Å². The van der Waals surface area contributed by atoms with E-state index >= 15 is 0 Å². The Labute approximate surface area is 157 Å². The predicted octanol–water partition coefficient (Wildman–Crippen LogP) is 2.67. The molecule has 0 spiro atoms. The fraction of sp³-hybridized carbons (Fsp3) is 0.421. The number of aromatic nitrogens is 4. The summed E-state index contributed by atoms with van der Waals surface area (Å²) >= 11 is 0. The number of anilines is 1. The highest BCUT2D eigenvalue weighted by atomic mass is 32.2. The minimum absolute atomic E-state index is 0.280. The molecule has 0 aliphatic carbocycles. The van der Waals surface area contributed by atoms with Crippen LogP contribution in [0, 0.1) is 0 Å². The lowest BCUT2D eigenvalue weighted by molar-refractivity contribution is 0.592. The van der Waals surface area contributed by atoms with Gasteiger partial charge in [0.05, 0.1) is 34.6 Å². The quantitative estimate of drug-likeness (QED) is 0.692. The molecule has 0 saturated carbocycles. The second-order valence-electron chi connectivity index (χ2n) is 7.34. The number of sulfone groups is 1. The van der Waals surface area contributed by atoms with Crippen LogP contribution in [0.2, 0.25) is 0 Å². The zero-order valence-electron chi connectivity index (χ0n) is 15.0. The molecule has 1 atom stereocenters. The van der Waals surface area contributed by atoms with Crippen molar-refractivity contribution in [1.29, 1.82) is 0 Å². The molecule has 2 aromatic heterocycles. The number of hydrogen-bond acceptors (Lipinski definition) is 6. The molecule has 1 unspecified atom stereocenters. The molecular formula is C19H21N5O2S. The number of benzene rings is 1. The maximum absolute atomic E-state index is 12.3. The van der Waals surface area contributed by atoms with Gasteiger partial charge in [0.15, 0.2) is 15.7 Å². The van der Waals surface area contributed by atoms with Crippen molar-refractivity contribution in [2.45, 2.75) is 30.9 Å². The van der Waals surface area contributed by atoms with Gasteiger partial charge in [0.25, 0.3) is 0 Å². The molecule has 5 rings (SSSR count). The lowest BCUT2D eigenvalue weighted by Crippen LogP contribution is -2.19. The SMILES string of the molecule is O=S1(=O)CCCC1c1ccc2cnn(-c3cnnc(N4CCCC4)c3)c2c1. The minimum atomic E-state index is -3.05. The average Bonchev–Trinajstić information content (AvgIpc) is 3.40. The molecule has 7 nitrogen and oxygen atoms in total. The van der Waals surface area contributed by atoms with Crippen molar-refractivity contribution in [2.75, 3.05) is 23.7 Å². The topological polar surface area (TPSA) is 81.0 Å². The lowest BCUT2D eigenvalue weighted by atomic mass is 10.1. The van der Waals surface area contributed by atoms with Gasteiger partial charge in [0.1, 0.15) is 0 Å². The molecule has 140 valence electrons. The first kappa shape index (κ1) is 16.7. The predicted molar refractivity (Wildman–Crippen MR) is 104 cm³/mol.